The van der Waals surface area contributed by atoms with E-state index in [1.807, 2.05) is 37.3 Å². The molecule has 0 atom stereocenters. The van der Waals surface area contributed by atoms with Gasteiger partial charge in [0.15, 0.2) is 0 Å². The van der Waals surface area contributed by atoms with Crippen LogP contribution in [0.15, 0.2) is 60.8 Å². The second-order valence-corrected chi connectivity index (χ2v) is 5.71. The van der Waals surface area contributed by atoms with Crippen molar-refractivity contribution >= 4 is 29.1 Å². The van der Waals surface area contributed by atoms with E-state index < -0.39 is 0 Å². The Bertz CT molecular complexity index is 946. The van der Waals surface area contributed by atoms with Gasteiger partial charge >= 0.3 is 5.97 Å². The number of hydrogen-bond donors (Lipinski definition) is 2. The highest BCUT2D eigenvalue weighted by atomic mass is 16.5. The Morgan fingerprint density at radius 2 is 1.68 bits per heavy atom. The number of aromatic nitrogens is 2. The molecule has 0 aliphatic heterocycles. The number of carbonyl (C=O) groups excluding carboxylic acids is 1. The number of esters is 1. The first-order valence-corrected chi connectivity index (χ1v) is 9.06. The van der Waals surface area contributed by atoms with E-state index in [4.69, 9.17) is 9.47 Å². The second kappa shape index (κ2) is 9.36. The van der Waals surface area contributed by atoms with Crippen LogP contribution in [0, 0.1) is 0 Å². The lowest BCUT2D eigenvalue weighted by Gasteiger charge is -2.13. The Labute approximate surface area is 163 Å². The summed E-state index contributed by atoms with van der Waals surface area (Å²) in [5, 5.41) is 6.32. The molecule has 144 valence electrons. The van der Waals surface area contributed by atoms with Crippen molar-refractivity contribution < 1.29 is 14.3 Å². The van der Waals surface area contributed by atoms with Gasteiger partial charge in [-0.15, -0.1) is 0 Å². The van der Waals surface area contributed by atoms with E-state index in [2.05, 4.69) is 20.6 Å². The van der Waals surface area contributed by atoms with Crippen molar-refractivity contribution in [1.82, 2.24) is 9.97 Å². The highest BCUT2D eigenvalue weighted by Crippen LogP contribution is 2.27. The molecule has 0 aliphatic carbocycles. The highest BCUT2D eigenvalue weighted by molar-refractivity contribution is 5.96. The summed E-state index contributed by atoms with van der Waals surface area (Å²) in [5.41, 5.74) is 1.83. The number of nitrogens with zero attached hydrogens (tertiary/aromatic N) is 2. The Morgan fingerprint density at radius 1 is 0.929 bits per heavy atom. The molecule has 7 heteroatoms. The third-order valence-corrected chi connectivity index (χ3v) is 3.77. The first kappa shape index (κ1) is 19.2. The van der Waals surface area contributed by atoms with E-state index >= 15 is 0 Å². The molecule has 1 heterocycles. The molecule has 1 aromatic heterocycles. The molecule has 0 aliphatic rings. The normalized spacial score (nSPS) is 10.2. The van der Waals surface area contributed by atoms with Gasteiger partial charge in [0.05, 0.1) is 30.2 Å². The molecule has 28 heavy (non-hydrogen) atoms. The Hall–Kier alpha value is -3.61. The van der Waals surface area contributed by atoms with Gasteiger partial charge in [-0.1, -0.05) is 24.3 Å². The topological polar surface area (TPSA) is 85.4 Å². The fourth-order valence-corrected chi connectivity index (χ4v) is 2.58. The third kappa shape index (κ3) is 4.76. The molecule has 7 nitrogen and oxygen atoms in total. The molecule has 3 rings (SSSR count). The lowest BCUT2D eigenvalue weighted by Crippen LogP contribution is -2.08. The summed E-state index contributed by atoms with van der Waals surface area (Å²) in [6.07, 6.45) is 1.63. The summed E-state index contributed by atoms with van der Waals surface area (Å²) >= 11 is 0. The molecular formula is C21H22N4O3. The van der Waals surface area contributed by atoms with Gasteiger partial charge in [-0.25, -0.2) is 9.78 Å². The fourth-order valence-electron chi connectivity index (χ4n) is 2.58. The zero-order valence-corrected chi connectivity index (χ0v) is 15.8. The molecule has 0 amide bonds. The monoisotopic (exact) mass is 378 g/mol. The molecule has 0 spiro atoms. The quantitative estimate of drug-likeness (QED) is 0.557. The molecule has 0 radical (unpaired) electrons. The van der Waals surface area contributed by atoms with Crippen LogP contribution in [0.3, 0.4) is 0 Å². The van der Waals surface area contributed by atoms with Crippen molar-refractivity contribution in [3.63, 3.8) is 0 Å². The van der Waals surface area contributed by atoms with E-state index in [-0.39, 0.29) is 5.97 Å². The smallest absolute Gasteiger partial charge is 0.340 e. The van der Waals surface area contributed by atoms with Gasteiger partial charge < -0.3 is 20.1 Å². The van der Waals surface area contributed by atoms with E-state index in [0.717, 1.165) is 11.4 Å². The van der Waals surface area contributed by atoms with Crippen LogP contribution in [0.1, 0.15) is 24.2 Å². The van der Waals surface area contributed by atoms with E-state index in [9.17, 15) is 4.79 Å². The van der Waals surface area contributed by atoms with Crippen molar-refractivity contribution in [2.45, 2.75) is 13.8 Å². The van der Waals surface area contributed by atoms with Crippen LogP contribution < -0.4 is 15.4 Å². The van der Waals surface area contributed by atoms with Crippen molar-refractivity contribution in [3.05, 3.63) is 66.4 Å². The predicted octanol–water partition coefficient (Wildman–Crippen LogP) is 4.54. The minimum absolute atomic E-state index is 0.313. The Kier molecular flexibility index (Phi) is 6.41. The van der Waals surface area contributed by atoms with Crippen LogP contribution in [-0.2, 0) is 4.74 Å². The van der Waals surface area contributed by atoms with Crippen LogP contribution in [0.25, 0.3) is 0 Å². The molecule has 2 aromatic carbocycles. The van der Waals surface area contributed by atoms with Crippen LogP contribution in [-0.4, -0.2) is 29.2 Å². The second-order valence-electron chi connectivity index (χ2n) is 5.71. The number of benzene rings is 2. The van der Waals surface area contributed by atoms with Crippen molar-refractivity contribution in [3.8, 4) is 5.75 Å². The standard InChI is InChI=1S/C21H22N4O3/c1-3-27-18-12-8-7-11-17(18)24-21-22-14-13-19(25-21)23-16-10-6-5-9-15(16)20(26)28-4-2/h5-14H,3-4H2,1-2H3,(H2,22,23,24,25). The zero-order chi connectivity index (χ0) is 19.8. The summed E-state index contributed by atoms with van der Waals surface area (Å²) in [5.74, 6) is 1.29. The SMILES string of the molecule is CCOC(=O)c1ccccc1Nc1ccnc(Nc2ccccc2OCC)n1. The summed E-state index contributed by atoms with van der Waals surface area (Å²) in [7, 11) is 0. The molecule has 2 N–H and O–H groups in total. The summed E-state index contributed by atoms with van der Waals surface area (Å²) in [4.78, 5) is 20.9. The van der Waals surface area contributed by atoms with E-state index in [0.29, 0.717) is 36.2 Å². The minimum atomic E-state index is -0.386. The average molecular weight is 378 g/mol. The number of nitrogens with one attached hydrogen (secondary N) is 2. The number of ether oxygens (including phenoxy) is 2. The number of rotatable bonds is 8. The first-order chi connectivity index (χ1) is 13.7. The summed E-state index contributed by atoms with van der Waals surface area (Å²) in [6.45, 7) is 4.58. The third-order valence-electron chi connectivity index (χ3n) is 3.77. The van der Waals surface area contributed by atoms with E-state index in [1.165, 1.54) is 0 Å². The van der Waals surface area contributed by atoms with Gasteiger partial charge in [-0.2, -0.15) is 4.98 Å². The lowest BCUT2D eigenvalue weighted by molar-refractivity contribution is 0.0527. The van der Waals surface area contributed by atoms with Crippen molar-refractivity contribution in [1.29, 1.82) is 0 Å². The van der Waals surface area contributed by atoms with Crippen molar-refractivity contribution in [2.24, 2.45) is 0 Å². The number of hydrogen-bond acceptors (Lipinski definition) is 7. The zero-order valence-electron chi connectivity index (χ0n) is 15.8. The molecular weight excluding hydrogens is 356 g/mol. The molecule has 0 unspecified atom stereocenters. The fraction of sp³-hybridized carbons (Fsp3) is 0.190. The Balaban J connectivity index is 1.81. The maximum atomic E-state index is 12.1. The van der Waals surface area contributed by atoms with Gasteiger partial charge in [0, 0.05) is 6.20 Å². The molecule has 0 fully saturated rings. The number of carbonyl (C=O) groups is 1. The molecule has 0 saturated heterocycles. The maximum Gasteiger partial charge on any atom is 0.340 e. The Morgan fingerprint density at radius 3 is 2.46 bits per heavy atom. The minimum Gasteiger partial charge on any atom is -0.492 e. The van der Waals surface area contributed by atoms with Gasteiger partial charge in [0.2, 0.25) is 5.95 Å². The average Bonchev–Trinajstić information content (AvgIpc) is 2.71. The maximum absolute atomic E-state index is 12.1. The summed E-state index contributed by atoms with van der Waals surface area (Å²) < 4.78 is 10.7. The first-order valence-electron chi connectivity index (χ1n) is 9.06. The lowest BCUT2D eigenvalue weighted by atomic mass is 10.2. The van der Waals surface area contributed by atoms with E-state index in [1.54, 1.807) is 37.4 Å². The number of anilines is 4. The number of para-hydroxylation sites is 3. The van der Waals surface area contributed by atoms with Crippen LogP contribution in [0.2, 0.25) is 0 Å². The predicted molar refractivity (Wildman–Crippen MR) is 109 cm³/mol. The van der Waals surface area contributed by atoms with Gasteiger partial charge in [0.1, 0.15) is 11.6 Å². The van der Waals surface area contributed by atoms with Gasteiger partial charge in [0.25, 0.3) is 0 Å². The highest BCUT2D eigenvalue weighted by Gasteiger charge is 2.13. The van der Waals surface area contributed by atoms with Crippen molar-refractivity contribution in [2.75, 3.05) is 23.8 Å². The van der Waals surface area contributed by atoms with Crippen LogP contribution in [0.4, 0.5) is 23.1 Å². The molecule has 0 bridgehead atoms. The molecule has 0 saturated carbocycles. The summed E-state index contributed by atoms with van der Waals surface area (Å²) in [6, 6.07) is 16.4. The van der Waals surface area contributed by atoms with Crippen LogP contribution in [0.5, 0.6) is 5.75 Å². The molecule has 3 aromatic rings. The largest absolute Gasteiger partial charge is 0.492 e. The van der Waals surface area contributed by atoms with Gasteiger partial charge in [-0.05, 0) is 44.2 Å². The van der Waals surface area contributed by atoms with Gasteiger partial charge in [-0.3, -0.25) is 0 Å². The van der Waals surface area contributed by atoms with Crippen LogP contribution >= 0.6 is 0 Å².